The Morgan fingerprint density at radius 1 is 0.950 bits per heavy atom. The predicted molar refractivity (Wildman–Crippen MR) is 72.1 cm³/mol. The predicted octanol–water partition coefficient (Wildman–Crippen LogP) is 1.68. The average Bonchev–Trinajstić information content (AvgIpc) is 2.42. The van der Waals surface area contributed by atoms with Crippen molar-refractivity contribution in [2.75, 3.05) is 26.4 Å². The van der Waals surface area contributed by atoms with Gasteiger partial charge in [0.2, 0.25) is 11.6 Å². The minimum Gasteiger partial charge on any atom is -0.394 e. The lowest BCUT2D eigenvalue weighted by molar-refractivity contribution is -0.473. The van der Waals surface area contributed by atoms with Crippen molar-refractivity contribution in [3.05, 3.63) is 0 Å². The van der Waals surface area contributed by atoms with Crippen LogP contribution in [0.1, 0.15) is 39.5 Å². The van der Waals surface area contributed by atoms with Crippen molar-refractivity contribution in [3.63, 3.8) is 0 Å². The summed E-state index contributed by atoms with van der Waals surface area (Å²) < 4.78 is 24.4. The van der Waals surface area contributed by atoms with Crippen molar-refractivity contribution in [1.82, 2.24) is 0 Å². The zero-order valence-corrected chi connectivity index (χ0v) is 12.5. The molecule has 0 radical (unpaired) electrons. The van der Waals surface area contributed by atoms with E-state index in [0.717, 1.165) is 25.7 Å². The summed E-state index contributed by atoms with van der Waals surface area (Å²) in [5, 5.41) is 9.41. The molecule has 3 aliphatic rings. The molecule has 0 unspecified atom stereocenters. The first-order valence-corrected chi connectivity index (χ1v) is 7.80. The molecule has 3 fully saturated rings. The van der Waals surface area contributed by atoms with Crippen molar-refractivity contribution >= 4 is 0 Å². The summed E-state index contributed by atoms with van der Waals surface area (Å²) in [5.41, 5.74) is 0. The lowest BCUT2D eigenvalue weighted by Crippen LogP contribution is -2.69. The largest absolute Gasteiger partial charge is 0.394 e. The van der Waals surface area contributed by atoms with E-state index < -0.39 is 11.6 Å². The second-order valence-electron chi connectivity index (χ2n) is 6.63. The van der Waals surface area contributed by atoms with Gasteiger partial charge in [-0.15, -0.1) is 0 Å². The van der Waals surface area contributed by atoms with Crippen LogP contribution in [0.5, 0.6) is 0 Å². The van der Waals surface area contributed by atoms with E-state index in [1.165, 1.54) is 0 Å². The van der Waals surface area contributed by atoms with Crippen LogP contribution in [0.4, 0.5) is 0 Å². The second kappa shape index (κ2) is 5.54. The summed E-state index contributed by atoms with van der Waals surface area (Å²) in [5.74, 6) is -0.631. The second-order valence-corrected chi connectivity index (χ2v) is 6.63. The fourth-order valence-corrected chi connectivity index (χ4v) is 3.62. The molecule has 0 aromatic carbocycles. The molecular formula is C15H26O5. The Kier molecular flexibility index (Phi) is 4.08. The molecule has 0 saturated carbocycles. The third-order valence-corrected chi connectivity index (χ3v) is 4.77. The summed E-state index contributed by atoms with van der Waals surface area (Å²) in [6.07, 6.45) is 3.29. The van der Waals surface area contributed by atoms with Gasteiger partial charge in [0.15, 0.2) is 0 Å². The van der Waals surface area contributed by atoms with Crippen LogP contribution < -0.4 is 0 Å². The van der Waals surface area contributed by atoms with Gasteiger partial charge in [0.05, 0.1) is 26.4 Å². The lowest BCUT2D eigenvalue weighted by atomic mass is 9.82. The van der Waals surface area contributed by atoms with Gasteiger partial charge in [0.1, 0.15) is 6.10 Å². The van der Waals surface area contributed by atoms with Gasteiger partial charge in [-0.2, -0.15) is 0 Å². The molecule has 0 bridgehead atoms. The number of aliphatic hydroxyl groups excluding tert-OH is 1. The van der Waals surface area contributed by atoms with Crippen LogP contribution >= 0.6 is 0 Å². The van der Waals surface area contributed by atoms with Crippen LogP contribution in [0.2, 0.25) is 0 Å². The van der Waals surface area contributed by atoms with E-state index in [0.29, 0.717) is 31.7 Å². The van der Waals surface area contributed by atoms with Gasteiger partial charge >= 0.3 is 0 Å². The smallest absolute Gasteiger partial charge is 0.224 e. The van der Waals surface area contributed by atoms with Crippen molar-refractivity contribution in [2.24, 2.45) is 11.8 Å². The fraction of sp³-hybridized carbons (Fsp3) is 1.00. The number of hydrogen-bond donors (Lipinski definition) is 1. The van der Waals surface area contributed by atoms with Gasteiger partial charge in [0, 0.05) is 12.8 Å². The summed E-state index contributed by atoms with van der Waals surface area (Å²) in [4.78, 5) is 0. The Hall–Kier alpha value is -0.200. The van der Waals surface area contributed by atoms with Crippen LogP contribution in [0.3, 0.4) is 0 Å². The van der Waals surface area contributed by atoms with Gasteiger partial charge in [-0.1, -0.05) is 13.8 Å². The van der Waals surface area contributed by atoms with Crippen LogP contribution in [0.25, 0.3) is 0 Å². The van der Waals surface area contributed by atoms with Crippen LogP contribution in [-0.4, -0.2) is 49.2 Å². The number of ether oxygens (including phenoxy) is 4. The van der Waals surface area contributed by atoms with Crippen LogP contribution in [-0.2, 0) is 18.9 Å². The van der Waals surface area contributed by atoms with Crippen LogP contribution in [0.15, 0.2) is 0 Å². The minimum atomic E-state index is -0.856. The average molecular weight is 286 g/mol. The molecule has 5 atom stereocenters. The highest BCUT2D eigenvalue weighted by atomic mass is 16.8. The summed E-state index contributed by atoms with van der Waals surface area (Å²) in [6, 6.07) is 0. The number of hydrogen-bond acceptors (Lipinski definition) is 5. The maximum Gasteiger partial charge on any atom is 0.224 e. The van der Waals surface area contributed by atoms with Crippen molar-refractivity contribution in [3.8, 4) is 0 Å². The Morgan fingerprint density at radius 2 is 1.55 bits per heavy atom. The normalized spacial score (nSPS) is 49.6. The van der Waals surface area contributed by atoms with E-state index >= 15 is 0 Å². The number of rotatable bonds is 1. The number of aliphatic hydroxyl groups is 1. The first kappa shape index (κ1) is 14.7. The molecule has 3 saturated heterocycles. The summed E-state index contributed by atoms with van der Waals surface area (Å²) >= 11 is 0. The minimum absolute atomic E-state index is 0.0505. The molecule has 0 aromatic heterocycles. The number of fused-ring (bicyclic) bond motifs is 1. The monoisotopic (exact) mass is 286 g/mol. The topological polar surface area (TPSA) is 57.2 Å². The Labute approximate surface area is 120 Å². The Balaban J connectivity index is 1.89. The molecule has 5 heteroatoms. The molecular weight excluding hydrogens is 260 g/mol. The van der Waals surface area contributed by atoms with Crippen molar-refractivity contribution < 1.29 is 24.1 Å². The van der Waals surface area contributed by atoms with E-state index in [2.05, 4.69) is 13.8 Å². The van der Waals surface area contributed by atoms with E-state index in [-0.39, 0.29) is 12.7 Å². The standard InChI is InChI=1S/C15H26O5/c1-11-3-5-17-14(7-11)15(8-12(2)4-6-18-15)20-13(9-16)10-19-14/h11-13,16H,3-10H2,1-2H3/t11-,12-,13+,14-,15-/m0/s1. The molecule has 0 aliphatic carbocycles. The molecule has 2 spiro atoms. The van der Waals surface area contributed by atoms with E-state index in [9.17, 15) is 5.11 Å². The first-order valence-electron chi connectivity index (χ1n) is 7.80. The molecule has 1 N–H and O–H groups in total. The van der Waals surface area contributed by atoms with Gasteiger partial charge < -0.3 is 24.1 Å². The maximum absolute atomic E-state index is 9.41. The summed E-state index contributed by atoms with van der Waals surface area (Å²) in [6.45, 7) is 6.06. The molecule has 116 valence electrons. The first-order chi connectivity index (χ1) is 9.59. The van der Waals surface area contributed by atoms with Gasteiger partial charge in [-0.05, 0) is 24.7 Å². The quantitative estimate of drug-likeness (QED) is 0.795. The highest BCUT2D eigenvalue weighted by molar-refractivity contribution is 4.98. The molecule has 3 heterocycles. The van der Waals surface area contributed by atoms with E-state index in [1.807, 2.05) is 0 Å². The molecule has 0 aromatic rings. The maximum atomic E-state index is 9.41. The fourth-order valence-electron chi connectivity index (χ4n) is 3.62. The van der Waals surface area contributed by atoms with E-state index in [4.69, 9.17) is 18.9 Å². The molecule has 5 nitrogen and oxygen atoms in total. The zero-order chi connectivity index (χ0) is 14.2. The highest BCUT2D eigenvalue weighted by Gasteiger charge is 2.62. The molecule has 3 aliphatic heterocycles. The lowest BCUT2D eigenvalue weighted by Gasteiger charge is -2.57. The van der Waals surface area contributed by atoms with Crippen molar-refractivity contribution in [1.29, 1.82) is 0 Å². The SMILES string of the molecule is C[C@H]1CCO[C@@]2(C1)OC[C@@H](CO)O[C@@]21C[C@@H](C)CCO1. The Morgan fingerprint density at radius 3 is 2.15 bits per heavy atom. The Bertz CT molecular complexity index is 349. The zero-order valence-electron chi connectivity index (χ0n) is 12.5. The van der Waals surface area contributed by atoms with Crippen LogP contribution in [0, 0.1) is 11.8 Å². The molecule has 0 amide bonds. The van der Waals surface area contributed by atoms with Gasteiger partial charge in [-0.3, -0.25) is 0 Å². The third kappa shape index (κ3) is 2.40. The molecule has 3 rings (SSSR count). The van der Waals surface area contributed by atoms with E-state index in [1.54, 1.807) is 0 Å². The van der Waals surface area contributed by atoms with Gasteiger partial charge in [-0.25, -0.2) is 0 Å². The van der Waals surface area contributed by atoms with Gasteiger partial charge in [0.25, 0.3) is 0 Å². The third-order valence-electron chi connectivity index (χ3n) is 4.77. The highest BCUT2D eigenvalue weighted by Crippen LogP contribution is 2.49. The van der Waals surface area contributed by atoms with Crippen molar-refractivity contribution in [2.45, 2.75) is 57.2 Å². The summed E-state index contributed by atoms with van der Waals surface area (Å²) in [7, 11) is 0. The molecule has 20 heavy (non-hydrogen) atoms.